The Bertz CT molecular complexity index is 583. The minimum Gasteiger partial charge on any atom is -0.387 e. The van der Waals surface area contributed by atoms with Gasteiger partial charge >= 0.3 is 0 Å². The molecule has 0 radical (unpaired) electrons. The van der Waals surface area contributed by atoms with E-state index < -0.39 is 6.10 Å². The van der Waals surface area contributed by atoms with Crippen LogP contribution in [0, 0.1) is 0 Å². The maximum absolute atomic E-state index is 11.1. The maximum Gasteiger partial charge on any atom is 0.249 e. The minimum absolute atomic E-state index is 0.183. The fraction of sp³-hybridized carbons (Fsp3) is 0.154. The molecule has 18 heavy (non-hydrogen) atoms. The molecule has 1 atom stereocenters. The third-order valence-electron chi connectivity index (χ3n) is 2.51. The summed E-state index contributed by atoms with van der Waals surface area (Å²) in [7, 11) is 0. The average Bonchev–Trinajstić information content (AvgIpc) is 2.36. The van der Waals surface area contributed by atoms with Crippen LogP contribution in [0.2, 0.25) is 5.02 Å². The summed E-state index contributed by atoms with van der Waals surface area (Å²) < 4.78 is 0. The number of anilines is 1. The number of nitrogens with one attached hydrogen (secondary N) is 2. The quantitative estimate of drug-likeness (QED) is 0.793. The van der Waals surface area contributed by atoms with Gasteiger partial charge in [0.05, 0.1) is 6.10 Å². The number of aliphatic hydroxyl groups excluding tert-OH is 1. The van der Waals surface area contributed by atoms with Crippen LogP contribution < -0.4 is 10.9 Å². The van der Waals surface area contributed by atoms with Crippen molar-refractivity contribution in [2.45, 2.75) is 6.10 Å². The van der Waals surface area contributed by atoms with Gasteiger partial charge in [-0.25, -0.2) is 0 Å². The molecule has 2 aromatic rings. The highest BCUT2D eigenvalue weighted by Gasteiger charge is 2.07. The van der Waals surface area contributed by atoms with Crippen molar-refractivity contribution >= 4 is 17.3 Å². The average molecular weight is 265 g/mol. The van der Waals surface area contributed by atoms with E-state index in [2.05, 4.69) is 10.3 Å². The number of pyridine rings is 1. The van der Waals surface area contributed by atoms with Crippen molar-refractivity contribution in [3.05, 3.63) is 63.5 Å². The molecular weight excluding hydrogens is 252 g/mol. The number of aliphatic hydroxyl groups is 1. The molecule has 0 bridgehead atoms. The van der Waals surface area contributed by atoms with Crippen molar-refractivity contribution < 1.29 is 5.11 Å². The zero-order valence-corrected chi connectivity index (χ0v) is 10.3. The van der Waals surface area contributed by atoms with Crippen molar-refractivity contribution in [1.29, 1.82) is 0 Å². The Morgan fingerprint density at radius 3 is 2.89 bits per heavy atom. The van der Waals surface area contributed by atoms with Crippen molar-refractivity contribution in [1.82, 2.24) is 4.98 Å². The van der Waals surface area contributed by atoms with Crippen molar-refractivity contribution in [2.24, 2.45) is 0 Å². The van der Waals surface area contributed by atoms with Gasteiger partial charge < -0.3 is 15.4 Å². The number of aromatic amines is 1. The van der Waals surface area contributed by atoms with E-state index in [-0.39, 0.29) is 5.56 Å². The minimum atomic E-state index is -0.678. The molecule has 1 aromatic heterocycles. The van der Waals surface area contributed by atoms with Gasteiger partial charge in [-0.3, -0.25) is 4.79 Å². The van der Waals surface area contributed by atoms with Crippen molar-refractivity contribution in [2.75, 3.05) is 11.9 Å². The molecule has 3 N–H and O–H groups in total. The van der Waals surface area contributed by atoms with Crippen LogP contribution in [0.3, 0.4) is 0 Å². The van der Waals surface area contributed by atoms with Crippen LogP contribution in [-0.4, -0.2) is 16.6 Å². The molecule has 0 unspecified atom stereocenters. The Morgan fingerprint density at radius 2 is 2.17 bits per heavy atom. The van der Waals surface area contributed by atoms with Gasteiger partial charge in [-0.15, -0.1) is 0 Å². The number of rotatable bonds is 4. The second-order valence-electron chi connectivity index (χ2n) is 3.89. The third-order valence-corrected chi connectivity index (χ3v) is 2.74. The maximum atomic E-state index is 11.1. The van der Waals surface area contributed by atoms with Crippen LogP contribution in [-0.2, 0) is 0 Å². The third kappa shape index (κ3) is 3.35. The number of hydrogen-bond donors (Lipinski definition) is 3. The molecule has 0 spiro atoms. The Kier molecular flexibility index (Phi) is 4.02. The van der Waals surface area contributed by atoms with Gasteiger partial charge in [0.1, 0.15) is 0 Å². The molecule has 0 amide bonds. The predicted molar refractivity (Wildman–Crippen MR) is 72.0 cm³/mol. The lowest BCUT2D eigenvalue weighted by Gasteiger charge is -2.13. The first-order valence-electron chi connectivity index (χ1n) is 5.51. The second kappa shape index (κ2) is 5.71. The SMILES string of the molecule is O=c1cc(NC[C@H](O)c2cccc(Cl)c2)cc[nH]1. The molecule has 0 fully saturated rings. The Labute approximate surface area is 109 Å². The normalized spacial score (nSPS) is 12.1. The fourth-order valence-corrected chi connectivity index (χ4v) is 1.80. The van der Waals surface area contributed by atoms with Gasteiger partial charge in [-0.2, -0.15) is 0 Å². The number of benzene rings is 1. The largest absolute Gasteiger partial charge is 0.387 e. The zero-order valence-electron chi connectivity index (χ0n) is 9.56. The van der Waals surface area contributed by atoms with Gasteiger partial charge in [0.2, 0.25) is 5.56 Å². The molecule has 2 rings (SSSR count). The van der Waals surface area contributed by atoms with Crippen molar-refractivity contribution in [3.8, 4) is 0 Å². The molecule has 0 aliphatic carbocycles. The summed E-state index contributed by atoms with van der Waals surface area (Å²) in [6.07, 6.45) is 0.874. The van der Waals surface area contributed by atoms with Gasteiger partial charge in [0, 0.05) is 29.5 Å². The summed E-state index contributed by atoms with van der Waals surface area (Å²) in [4.78, 5) is 13.6. The Morgan fingerprint density at radius 1 is 1.33 bits per heavy atom. The predicted octanol–water partition coefficient (Wildman–Crippen LogP) is 2.17. The molecule has 0 saturated heterocycles. The van der Waals surface area contributed by atoms with E-state index in [9.17, 15) is 9.90 Å². The van der Waals surface area contributed by atoms with Crippen LogP contribution in [0.25, 0.3) is 0 Å². The summed E-state index contributed by atoms with van der Waals surface area (Å²) in [6.45, 7) is 0.309. The van der Waals surface area contributed by atoms with Crippen LogP contribution >= 0.6 is 11.6 Å². The standard InChI is InChI=1S/C13H13ClN2O2/c14-10-3-1-2-9(6-10)12(17)8-16-11-4-5-15-13(18)7-11/h1-7,12,17H,8H2,(H2,15,16,18)/t12-/m0/s1. The van der Waals surface area contributed by atoms with Crippen molar-refractivity contribution in [3.63, 3.8) is 0 Å². The first kappa shape index (κ1) is 12.7. The molecular formula is C13H13ClN2O2. The van der Waals surface area contributed by atoms with Crippen LogP contribution in [0.5, 0.6) is 0 Å². The lowest BCUT2D eigenvalue weighted by atomic mass is 10.1. The molecule has 1 aromatic carbocycles. The summed E-state index contributed by atoms with van der Waals surface area (Å²) in [5, 5.41) is 13.5. The summed E-state index contributed by atoms with van der Waals surface area (Å²) in [5.41, 5.74) is 1.22. The fourth-order valence-electron chi connectivity index (χ4n) is 1.60. The number of H-pyrrole nitrogens is 1. The Balaban J connectivity index is 2.00. The number of hydrogen-bond acceptors (Lipinski definition) is 3. The first-order chi connectivity index (χ1) is 8.65. The van der Waals surface area contributed by atoms with Gasteiger partial charge in [-0.1, -0.05) is 23.7 Å². The molecule has 5 heteroatoms. The summed E-state index contributed by atoms with van der Waals surface area (Å²) >= 11 is 5.85. The smallest absolute Gasteiger partial charge is 0.249 e. The number of halogens is 1. The highest BCUT2D eigenvalue weighted by atomic mass is 35.5. The highest BCUT2D eigenvalue weighted by Crippen LogP contribution is 2.18. The molecule has 0 aliphatic rings. The van der Waals surface area contributed by atoms with Crippen LogP contribution in [0.15, 0.2) is 47.4 Å². The zero-order chi connectivity index (χ0) is 13.0. The summed E-state index contributed by atoms with van der Waals surface area (Å²) in [5.74, 6) is 0. The Hall–Kier alpha value is -1.78. The first-order valence-corrected chi connectivity index (χ1v) is 5.89. The topological polar surface area (TPSA) is 65.1 Å². The van der Waals surface area contributed by atoms with E-state index in [1.54, 1.807) is 36.5 Å². The molecule has 0 saturated carbocycles. The summed E-state index contributed by atoms with van der Waals surface area (Å²) in [6, 6.07) is 10.2. The van der Waals surface area contributed by atoms with E-state index in [1.165, 1.54) is 6.07 Å². The number of aromatic nitrogens is 1. The van der Waals surface area contributed by atoms with Gasteiger partial charge in [0.25, 0.3) is 0 Å². The van der Waals surface area contributed by atoms with Gasteiger partial charge in [0.15, 0.2) is 0 Å². The van der Waals surface area contributed by atoms with Crippen LogP contribution in [0.1, 0.15) is 11.7 Å². The highest BCUT2D eigenvalue weighted by molar-refractivity contribution is 6.30. The lowest BCUT2D eigenvalue weighted by Crippen LogP contribution is -2.14. The molecule has 1 heterocycles. The van der Waals surface area contributed by atoms with E-state index in [0.717, 1.165) is 5.56 Å². The van der Waals surface area contributed by atoms with E-state index in [1.807, 2.05) is 0 Å². The molecule has 4 nitrogen and oxygen atoms in total. The molecule has 0 aliphatic heterocycles. The lowest BCUT2D eigenvalue weighted by molar-refractivity contribution is 0.191. The van der Waals surface area contributed by atoms with Gasteiger partial charge in [-0.05, 0) is 23.8 Å². The van der Waals surface area contributed by atoms with E-state index in [0.29, 0.717) is 17.3 Å². The monoisotopic (exact) mass is 264 g/mol. The van der Waals surface area contributed by atoms with Crippen LogP contribution in [0.4, 0.5) is 5.69 Å². The second-order valence-corrected chi connectivity index (χ2v) is 4.33. The van der Waals surface area contributed by atoms with E-state index >= 15 is 0 Å². The van der Waals surface area contributed by atoms with E-state index in [4.69, 9.17) is 11.6 Å². The molecule has 94 valence electrons.